The maximum absolute atomic E-state index is 12.6. The van der Waals surface area contributed by atoms with Crippen molar-refractivity contribution >= 4 is 23.0 Å². The Labute approximate surface area is 212 Å². The van der Waals surface area contributed by atoms with Crippen LogP contribution in [0.1, 0.15) is 18.4 Å². The van der Waals surface area contributed by atoms with E-state index in [-0.39, 0.29) is 25.4 Å². The number of amides is 2. The number of allylic oxidation sites excluding steroid dienone is 4. The Bertz CT molecular complexity index is 1330. The number of aromatic nitrogens is 2. The second-order valence-corrected chi connectivity index (χ2v) is 8.61. The van der Waals surface area contributed by atoms with Crippen LogP contribution in [0.4, 0.5) is 4.79 Å². The van der Waals surface area contributed by atoms with Crippen LogP contribution in [-0.2, 0) is 25.4 Å². The van der Waals surface area contributed by atoms with Gasteiger partial charge in [0.25, 0.3) is 0 Å². The number of nitrogens with zero attached hydrogens (tertiary/aromatic N) is 3. The lowest BCUT2D eigenvalue weighted by molar-refractivity contribution is -0.129. The van der Waals surface area contributed by atoms with Gasteiger partial charge in [-0.1, -0.05) is 18.2 Å². The van der Waals surface area contributed by atoms with Gasteiger partial charge in [0.05, 0.1) is 31.2 Å². The summed E-state index contributed by atoms with van der Waals surface area (Å²) in [4.78, 5) is 35.0. The molecule has 0 unspecified atom stereocenters. The molecule has 2 N–H and O–H groups in total. The average Bonchev–Trinajstić information content (AvgIpc) is 3.32. The minimum absolute atomic E-state index is 0.0219. The highest BCUT2D eigenvalue weighted by molar-refractivity contribution is 5.83. The van der Waals surface area contributed by atoms with Crippen molar-refractivity contribution in [1.82, 2.24) is 20.2 Å². The van der Waals surface area contributed by atoms with Crippen molar-refractivity contribution in [3.8, 4) is 5.88 Å². The molecule has 37 heavy (non-hydrogen) atoms. The maximum atomic E-state index is 12.6. The zero-order chi connectivity index (χ0) is 25.8. The fourth-order valence-electron chi connectivity index (χ4n) is 4.16. The van der Waals surface area contributed by atoms with Crippen LogP contribution >= 0.6 is 0 Å². The first-order valence-corrected chi connectivity index (χ1v) is 11.8. The minimum Gasteiger partial charge on any atom is -0.481 e. The van der Waals surface area contributed by atoms with Crippen LogP contribution in [0, 0.1) is 0 Å². The van der Waals surface area contributed by atoms with Crippen molar-refractivity contribution in [3.05, 3.63) is 77.9 Å². The Morgan fingerprint density at radius 1 is 1.32 bits per heavy atom. The Kier molecular flexibility index (Phi) is 7.04. The monoisotopic (exact) mass is 506 g/mol. The SMILES string of the molecule is COc1ccc2nccc(C[C@@H](O)C(=O)NC[C@@H]3CN(C4=COC=C(C5=CC=CCC5)O4)C(=O)O3)c2n1. The first kappa shape index (κ1) is 24.3. The molecule has 2 amide bonds. The van der Waals surface area contributed by atoms with Crippen molar-refractivity contribution < 1.29 is 33.6 Å². The highest BCUT2D eigenvalue weighted by Crippen LogP contribution is 2.29. The number of pyridine rings is 2. The van der Waals surface area contributed by atoms with E-state index in [9.17, 15) is 14.7 Å². The molecule has 0 bridgehead atoms. The molecule has 192 valence electrons. The Hall–Kier alpha value is -4.38. The molecule has 2 atom stereocenters. The largest absolute Gasteiger partial charge is 0.481 e. The maximum Gasteiger partial charge on any atom is 0.417 e. The van der Waals surface area contributed by atoms with Gasteiger partial charge in [0.15, 0.2) is 12.0 Å². The highest BCUT2D eigenvalue weighted by atomic mass is 16.6. The number of rotatable bonds is 8. The molecule has 11 nitrogen and oxygen atoms in total. The Morgan fingerprint density at radius 3 is 3.03 bits per heavy atom. The number of methoxy groups -OCH3 is 1. The molecule has 2 aliphatic heterocycles. The summed E-state index contributed by atoms with van der Waals surface area (Å²) in [6, 6.07) is 5.15. The molecule has 5 rings (SSSR count). The lowest BCUT2D eigenvalue weighted by atomic mass is 10.0. The predicted octanol–water partition coefficient (Wildman–Crippen LogP) is 2.44. The number of hydrogen-bond acceptors (Lipinski definition) is 9. The van der Waals surface area contributed by atoms with E-state index < -0.39 is 24.2 Å². The third kappa shape index (κ3) is 5.41. The summed E-state index contributed by atoms with van der Waals surface area (Å²) >= 11 is 0. The van der Waals surface area contributed by atoms with Crippen LogP contribution in [0.15, 0.2) is 72.4 Å². The van der Waals surface area contributed by atoms with Gasteiger partial charge in [0.2, 0.25) is 17.7 Å². The number of aliphatic hydroxyl groups excluding tert-OH is 1. The van der Waals surface area contributed by atoms with Gasteiger partial charge in [-0.3, -0.25) is 9.78 Å². The number of ether oxygens (including phenoxy) is 4. The van der Waals surface area contributed by atoms with E-state index in [0.29, 0.717) is 28.2 Å². The number of hydrogen-bond donors (Lipinski definition) is 2. The number of fused-ring (bicyclic) bond motifs is 1. The molecule has 2 aromatic rings. The number of carbonyl (C=O) groups is 2. The molecule has 1 saturated heterocycles. The van der Waals surface area contributed by atoms with Crippen molar-refractivity contribution in [2.75, 3.05) is 20.2 Å². The zero-order valence-electron chi connectivity index (χ0n) is 20.1. The number of nitrogens with one attached hydrogen (secondary N) is 1. The summed E-state index contributed by atoms with van der Waals surface area (Å²) in [5, 5.41) is 13.2. The van der Waals surface area contributed by atoms with Crippen LogP contribution in [0.5, 0.6) is 5.88 Å². The lowest BCUT2D eigenvalue weighted by Crippen LogP contribution is -2.41. The van der Waals surface area contributed by atoms with Gasteiger partial charge in [-0.05, 0) is 36.1 Å². The second kappa shape index (κ2) is 10.7. The number of aliphatic hydroxyl groups is 1. The summed E-state index contributed by atoms with van der Waals surface area (Å²) in [5.41, 5.74) is 2.79. The molecule has 1 aliphatic carbocycles. The normalized spacial score (nSPS) is 19.7. The quantitative estimate of drug-likeness (QED) is 0.554. The Balaban J connectivity index is 1.15. The third-order valence-electron chi connectivity index (χ3n) is 6.10. The summed E-state index contributed by atoms with van der Waals surface area (Å²) in [6.45, 7) is 0.170. The zero-order valence-corrected chi connectivity index (χ0v) is 20.1. The van der Waals surface area contributed by atoms with Gasteiger partial charge in [-0.2, -0.15) is 0 Å². The van der Waals surface area contributed by atoms with Crippen LogP contribution in [0.25, 0.3) is 11.0 Å². The number of cyclic esters (lactones) is 1. The summed E-state index contributed by atoms with van der Waals surface area (Å²) in [5.74, 6) is 0.552. The van der Waals surface area contributed by atoms with Gasteiger partial charge in [0, 0.05) is 18.7 Å². The summed E-state index contributed by atoms with van der Waals surface area (Å²) < 4.78 is 21.8. The second-order valence-electron chi connectivity index (χ2n) is 8.61. The Morgan fingerprint density at radius 2 is 2.22 bits per heavy atom. The lowest BCUT2D eigenvalue weighted by Gasteiger charge is -2.23. The minimum atomic E-state index is -1.34. The molecule has 3 aliphatic rings. The van der Waals surface area contributed by atoms with E-state index in [1.54, 1.807) is 24.4 Å². The standard InChI is InChI=1S/C26H26N4O7/c1-34-22-8-7-19-24(29-22)17(9-10-27-19)11-20(31)25(32)28-12-18-13-30(26(33)36-18)23-15-35-14-21(37-23)16-5-3-2-4-6-16/h2-3,5,7-10,14-15,18,20,31H,4,6,11-13H2,1H3,(H,28,32)/t18-,20-/m1/s1. The molecular formula is C26H26N4O7. The van der Waals surface area contributed by atoms with Crippen LogP contribution in [-0.4, -0.2) is 64.4 Å². The van der Waals surface area contributed by atoms with Crippen molar-refractivity contribution in [3.63, 3.8) is 0 Å². The van der Waals surface area contributed by atoms with Crippen LogP contribution in [0.2, 0.25) is 0 Å². The van der Waals surface area contributed by atoms with E-state index in [0.717, 1.165) is 18.4 Å². The van der Waals surface area contributed by atoms with E-state index in [1.807, 2.05) is 12.2 Å². The molecule has 4 heterocycles. The summed E-state index contributed by atoms with van der Waals surface area (Å²) in [6.07, 6.45) is 9.51. The van der Waals surface area contributed by atoms with Crippen LogP contribution in [0.3, 0.4) is 0 Å². The predicted molar refractivity (Wildman–Crippen MR) is 131 cm³/mol. The molecule has 0 radical (unpaired) electrons. The van der Waals surface area contributed by atoms with Crippen molar-refractivity contribution in [2.45, 2.75) is 31.5 Å². The van der Waals surface area contributed by atoms with E-state index >= 15 is 0 Å². The first-order valence-electron chi connectivity index (χ1n) is 11.8. The fourth-order valence-corrected chi connectivity index (χ4v) is 4.16. The van der Waals surface area contributed by atoms with Crippen LogP contribution < -0.4 is 10.1 Å². The molecule has 0 saturated carbocycles. The molecule has 11 heteroatoms. The van der Waals surface area contributed by atoms with Gasteiger partial charge < -0.3 is 29.4 Å². The molecular weight excluding hydrogens is 480 g/mol. The third-order valence-corrected chi connectivity index (χ3v) is 6.10. The number of carbonyl (C=O) groups excluding carboxylic acids is 2. The van der Waals surface area contributed by atoms with Gasteiger partial charge >= 0.3 is 6.09 Å². The first-order chi connectivity index (χ1) is 18.0. The van der Waals surface area contributed by atoms with E-state index in [2.05, 4.69) is 21.4 Å². The van der Waals surface area contributed by atoms with Gasteiger partial charge in [0.1, 0.15) is 18.5 Å². The average molecular weight is 507 g/mol. The topological polar surface area (TPSA) is 132 Å². The summed E-state index contributed by atoms with van der Waals surface area (Å²) in [7, 11) is 1.51. The smallest absolute Gasteiger partial charge is 0.417 e. The molecule has 1 fully saturated rings. The highest BCUT2D eigenvalue weighted by Gasteiger charge is 2.36. The van der Waals surface area contributed by atoms with E-state index in [4.69, 9.17) is 18.9 Å². The molecule has 2 aromatic heterocycles. The van der Waals surface area contributed by atoms with Crippen molar-refractivity contribution in [2.24, 2.45) is 0 Å². The fraction of sp³-hybridized carbons (Fsp3) is 0.308. The van der Waals surface area contributed by atoms with E-state index in [1.165, 1.54) is 24.5 Å². The van der Waals surface area contributed by atoms with Crippen molar-refractivity contribution in [1.29, 1.82) is 0 Å². The molecule has 0 spiro atoms. The van der Waals surface area contributed by atoms with Gasteiger partial charge in [-0.25, -0.2) is 14.7 Å². The molecule has 0 aromatic carbocycles. The van der Waals surface area contributed by atoms with Gasteiger partial charge in [-0.15, -0.1) is 0 Å².